The zero-order valence-electron chi connectivity index (χ0n) is 5.17. The predicted octanol–water partition coefficient (Wildman–Crippen LogP) is 0.399. The van der Waals surface area contributed by atoms with Gasteiger partial charge in [0.05, 0.1) is 6.42 Å². The van der Waals surface area contributed by atoms with Gasteiger partial charge in [-0.25, -0.2) is 0 Å². The summed E-state index contributed by atoms with van der Waals surface area (Å²) >= 11 is 2.86. The molecule has 0 aliphatic carbocycles. The van der Waals surface area contributed by atoms with Gasteiger partial charge >= 0.3 is 11.9 Å². The number of hydrogen-bond acceptors (Lipinski definition) is 3. The number of carboxylic acid groups (broad SMARTS) is 1. The van der Waals surface area contributed by atoms with Gasteiger partial charge in [0.15, 0.2) is 0 Å². The van der Waals surface area contributed by atoms with E-state index in [0.29, 0.717) is 0 Å². The van der Waals surface area contributed by atoms with Crippen LogP contribution in [-0.4, -0.2) is 29.0 Å². The molecule has 0 aliphatic rings. The second kappa shape index (κ2) is 5.22. The summed E-state index contributed by atoms with van der Waals surface area (Å²) in [6.45, 7) is -0.0558. The van der Waals surface area contributed by atoms with Crippen molar-refractivity contribution in [2.75, 3.05) is 11.9 Å². The molecule has 0 saturated heterocycles. The maximum Gasteiger partial charge on any atom is 0.316 e. The summed E-state index contributed by atoms with van der Waals surface area (Å²) in [4.78, 5) is 20.2. The summed E-state index contributed by atoms with van der Waals surface area (Å²) in [7, 11) is 0. The molecule has 0 fully saturated rings. The van der Waals surface area contributed by atoms with Crippen molar-refractivity contribution in [3.8, 4) is 0 Å². The zero-order chi connectivity index (χ0) is 7.98. The van der Waals surface area contributed by atoms with Gasteiger partial charge in [0.25, 0.3) is 0 Å². The van der Waals surface area contributed by atoms with E-state index in [1.165, 1.54) is 0 Å². The van der Waals surface area contributed by atoms with Crippen LogP contribution in [-0.2, 0) is 14.3 Å². The molecule has 5 heteroatoms. The smallest absolute Gasteiger partial charge is 0.316 e. The Morgan fingerprint density at radius 1 is 1.50 bits per heavy atom. The third kappa shape index (κ3) is 5.55. The van der Waals surface area contributed by atoms with E-state index in [1.54, 1.807) is 0 Å². The molecule has 10 heavy (non-hydrogen) atoms. The van der Waals surface area contributed by atoms with Gasteiger partial charge in [-0.3, -0.25) is 9.59 Å². The van der Waals surface area contributed by atoms with Crippen LogP contribution in [0.1, 0.15) is 6.42 Å². The molecule has 0 unspecified atom stereocenters. The fraction of sp³-hybridized carbons (Fsp3) is 0.600. The van der Waals surface area contributed by atoms with Crippen LogP contribution < -0.4 is 0 Å². The van der Waals surface area contributed by atoms with Crippen molar-refractivity contribution in [1.82, 2.24) is 0 Å². The Morgan fingerprint density at radius 3 is 2.50 bits per heavy atom. The molecule has 0 aromatic carbocycles. The molecule has 0 bridgehead atoms. The molecule has 0 saturated carbocycles. The zero-order valence-corrected chi connectivity index (χ0v) is 6.76. The summed E-state index contributed by atoms with van der Waals surface area (Å²) in [5.74, 6) is -1.41. The van der Waals surface area contributed by atoms with Crippen molar-refractivity contribution < 1.29 is 19.4 Å². The lowest BCUT2D eigenvalue weighted by Crippen LogP contribution is -2.09. The molecule has 0 rings (SSSR count). The van der Waals surface area contributed by atoms with E-state index in [4.69, 9.17) is 5.11 Å². The van der Waals surface area contributed by atoms with Crippen LogP contribution in [0.15, 0.2) is 0 Å². The summed E-state index contributed by atoms with van der Waals surface area (Å²) in [5, 5.41) is 8.20. The normalized spacial score (nSPS) is 8.90. The standard InChI is InChI=1S/C5H7BrO4/c6-3-5(9)10-2-1-4(7)8/h1-3H2,(H,7,8). The van der Waals surface area contributed by atoms with Crippen LogP contribution in [0, 0.1) is 0 Å². The van der Waals surface area contributed by atoms with Gasteiger partial charge in [-0.2, -0.15) is 0 Å². The molecule has 0 spiro atoms. The Hall–Kier alpha value is -0.580. The highest BCUT2D eigenvalue weighted by molar-refractivity contribution is 9.09. The molecular weight excluding hydrogens is 204 g/mol. The Labute approximate surface area is 66.3 Å². The molecule has 4 nitrogen and oxygen atoms in total. The lowest BCUT2D eigenvalue weighted by atomic mass is 10.5. The molecule has 0 aliphatic heterocycles. The third-order valence-corrected chi connectivity index (χ3v) is 1.15. The number of hydrogen-bond donors (Lipinski definition) is 1. The Balaban J connectivity index is 3.20. The van der Waals surface area contributed by atoms with Crippen molar-refractivity contribution in [2.45, 2.75) is 6.42 Å². The van der Waals surface area contributed by atoms with Crippen LogP contribution in [0.4, 0.5) is 0 Å². The number of carboxylic acids is 1. The van der Waals surface area contributed by atoms with E-state index < -0.39 is 11.9 Å². The van der Waals surface area contributed by atoms with E-state index in [9.17, 15) is 9.59 Å². The Kier molecular flexibility index (Phi) is 4.92. The van der Waals surface area contributed by atoms with Gasteiger partial charge < -0.3 is 9.84 Å². The van der Waals surface area contributed by atoms with E-state index in [0.717, 1.165) is 0 Å². The van der Waals surface area contributed by atoms with Crippen molar-refractivity contribution in [1.29, 1.82) is 0 Å². The van der Waals surface area contributed by atoms with Crippen LogP contribution in [0.3, 0.4) is 0 Å². The number of carbonyl (C=O) groups is 2. The molecule has 0 amide bonds. The SMILES string of the molecule is O=C(O)CCOC(=O)CBr. The van der Waals surface area contributed by atoms with E-state index >= 15 is 0 Å². The van der Waals surface area contributed by atoms with Crippen LogP contribution in [0.2, 0.25) is 0 Å². The highest BCUT2D eigenvalue weighted by Gasteiger charge is 2.00. The molecule has 58 valence electrons. The average Bonchev–Trinajstić information content (AvgIpc) is 1.87. The molecule has 0 radical (unpaired) electrons. The molecule has 1 N–H and O–H groups in total. The average molecular weight is 211 g/mol. The lowest BCUT2D eigenvalue weighted by molar-refractivity contribution is -0.144. The molecule has 0 aromatic heterocycles. The first-order chi connectivity index (χ1) is 4.66. The largest absolute Gasteiger partial charge is 0.481 e. The number of halogens is 1. The van der Waals surface area contributed by atoms with Crippen molar-refractivity contribution in [3.63, 3.8) is 0 Å². The number of esters is 1. The van der Waals surface area contributed by atoms with Gasteiger partial charge in [-0.15, -0.1) is 0 Å². The second-order valence-corrected chi connectivity index (χ2v) is 2.06. The minimum Gasteiger partial charge on any atom is -0.481 e. The second-order valence-electron chi connectivity index (χ2n) is 1.50. The number of alkyl halides is 1. The molecule has 0 atom stereocenters. The van der Waals surface area contributed by atoms with Crippen LogP contribution in [0.5, 0.6) is 0 Å². The maximum atomic E-state index is 10.3. The topological polar surface area (TPSA) is 63.6 Å². The van der Waals surface area contributed by atoms with Gasteiger partial charge in [0, 0.05) is 0 Å². The highest BCUT2D eigenvalue weighted by Crippen LogP contribution is 1.87. The van der Waals surface area contributed by atoms with Crippen molar-refractivity contribution in [2.24, 2.45) is 0 Å². The summed E-state index contributed by atoms with van der Waals surface area (Å²) < 4.78 is 4.44. The quantitative estimate of drug-likeness (QED) is 0.539. The Morgan fingerprint density at radius 2 is 2.10 bits per heavy atom. The highest BCUT2D eigenvalue weighted by atomic mass is 79.9. The van der Waals surface area contributed by atoms with Gasteiger partial charge in [0.1, 0.15) is 11.9 Å². The maximum absolute atomic E-state index is 10.3. The number of rotatable bonds is 4. The minimum atomic E-state index is -0.970. The minimum absolute atomic E-state index is 0.0558. The van der Waals surface area contributed by atoms with E-state index in [1.807, 2.05) is 0 Å². The number of carbonyl (C=O) groups excluding carboxylic acids is 1. The number of aliphatic carboxylic acids is 1. The first-order valence-corrected chi connectivity index (χ1v) is 3.72. The van der Waals surface area contributed by atoms with Gasteiger partial charge in [-0.1, -0.05) is 15.9 Å². The first-order valence-electron chi connectivity index (χ1n) is 2.60. The monoisotopic (exact) mass is 210 g/mol. The van der Waals surface area contributed by atoms with Crippen LogP contribution in [0.25, 0.3) is 0 Å². The summed E-state index contributed by atoms with van der Waals surface area (Å²) in [6, 6.07) is 0. The van der Waals surface area contributed by atoms with Crippen molar-refractivity contribution in [3.05, 3.63) is 0 Å². The first kappa shape index (κ1) is 9.42. The number of ether oxygens (including phenoxy) is 1. The third-order valence-electron chi connectivity index (χ3n) is 0.688. The van der Waals surface area contributed by atoms with Gasteiger partial charge in [-0.05, 0) is 0 Å². The fourth-order valence-corrected chi connectivity index (χ4v) is 0.453. The summed E-state index contributed by atoms with van der Waals surface area (Å²) in [5.41, 5.74) is 0. The molecular formula is C5H7BrO4. The van der Waals surface area contributed by atoms with Crippen LogP contribution >= 0.6 is 15.9 Å². The van der Waals surface area contributed by atoms with Crippen molar-refractivity contribution >= 4 is 27.9 Å². The molecule has 0 aromatic rings. The Bertz CT molecular complexity index is 134. The molecule has 0 heterocycles. The van der Waals surface area contributed by atoms with E-state index in [2.05, 4.69) is 20.7 Å². The lowest BCUT2D eigenvalue weighted by Gasteiger charge is -1.97. The fourth-order valence-electron chi connectivity index (χ4n) is 0.291. The van der Waals surface area contributed by atoms with Gasteiger partial charge in [0.2, 0.25) is 0 Å². The summed E-state index contributed by atoms with van der Waals surface area (Å²) in [6.07, 6.45) is -0.140. The van der Waals surface area contributed by atoms with E-state index in [-0.39, 0.29) is 18.4 Å². The predicted molar refractivity (Wildman–Crippen MR) is 37.0 cm³/mol.